The van der Waals surface area contributed by atoms with Gasteiger partial charge in [0.2, 0.25) is 0 Å². The summed E-state index contributed by atoms with van der Waals surface area (Å²) in [4.78, 5) is 40.8. The van der Waals surface area contributed by atoms with Crippen molar-refractivity contribution in [2.24, 2.45) is 5.92 Å². The first-order chi connectivity index (χ1) is 27.5. The summed E-state index contributed by atoms with van der Waals surface area (Å²) >= 11 is 0. The standard InChI is InChI=1S/C30H38N4O.C17H21N3O/c35-30(33-18-16-32(17-19-33)28-9-4-10-28)27-11-12-29-26(20-27)13-15-34(29)23-25-8-5-14-31(22-25)21-24-6-2-1-3-7-24;21-17(14-4-5-16-13(12-14)6-7-18-16)20-10-8-19(9-11-20)15-2-1-3-15/h1-3,6-7,11-13,15,20,25,28H,4-5,8-10,14,16-19,21-23H2;4-7,12,15,18H,1-3,8-11H2. The Bertz CT molecular complexity index is 2080. The summed E-state index contributed by atoms with van der Waals surface area (Å²) in [6.07, 6.45) is 14.8. The van der Waals surface area contributed by atoms with Gasteiger partial charge in [-0.1, -0.05) is 43.2 Å². The van der Waals surface area contributed by atoms with Crippen LogP contribution in [-0.2, 0) is 13.1 Å². The number of benzene rings is 3. The van der Waals surface area contributed by atoms with Crippen LogP contribution in [0.4, 0.5) is 0 Å². The van der Waals surface area contributed by atoms with Crippen molar-refractivity contribution in [1.29, 1.82) is 0 Å². The molecule has 1 unspecified atom stereocenters. The quantitative estimate of drug-likeness (QED) is 0.180. The van der Waals surface area contributed by atoms with Gasteiger partial charge in [-0.15, -0.1) is 0 Å². The van der Waals surface area contributed by atoms with E-state index in [-0.39, 0.29) is 11.8 Å². The highest BCUT2D eigenvalue weighted by Gasteiger charge is 2.31. The molecule has 3 aromatic carbocycles. The van der Waals surface area contributed by atoms with Crippen LogP contribution in [0.25, 0.3) is 21.8 Å². The number of carbonyl (C=O) groups is 2. The van der Waals surface area contributed by atoms with Gasteiger partial charge in [-0.2, -0.15) is 0 Å². The number of aromatic amines is 1. The second kappa shape index (κ2) is 17.0. The number of likely N-dealkylation sites (tertiary alicyclic amines) is 1. The number of carbonyl (C=O) groups excluding carboxylic acids is 2. The number of nitrogens with zero attached hydrogens (tertiary/aromatic N) is 6. The Morgan fingerprint density at radius 3 is 1.86 bits per heavy atom. The summed E-state index contributed by atoms with van der Waals surface area (Å²) in [6.45, 7) is 12.0. The van der Waals surface area contributed by atoms with Gasteiger partial charge in [0.1, 0.15) is 0 Å². The highest BCUT2D eigenvalue weighted by molar-refractivity contribution is 5.99. The van der Waals surface area contributed by atoms with E-state index in [1.807, 2.05) is 41.4 Å². The lowest BCUT2D eigenvalue weighted by Gasteiger charge is -2.42. The Morgan fingerprint density at radius 1 is 0.607 bits per heavy atom. The number of rotatable bonds is 8. The largest absolute Gasteiger partial charge is 0.361 e. The average molecular weight is 754 g/mol. The lowest BCUT2D eigenvalue weighted by atomic mass is 9.91. The number of amides is 2. The number of piperidine rings is 1. The lowest BCUT2D eigenvalue weighted by Crippen LogP contribution is -2.53. The first-order valence-electron chi connectivity index (χ1n) is 21.5. The summed E-state index contributed by atoms with van der Waals surface area (Å²) in [5.74, 6) is 1.03. The van der Waals surface area contributed by atoms with Crippen LogP contribution in [0.3, 0.4) is 0 Å². The van der Waals surface area contributed by atoms with Gasteiger partial charge in [-0.05, 0) is 105 Å². The first-order valence-corrected chi connectivity index (χ1v) is 21.5. The maximum absolute atomic E-state index is 13.2. The number of hydrogen-bond donors (Lipinski definition) is 1. The fourth-order valence-electron chi connectivity index (χ4n) is 9.69. The molecule has 0 radical (unpaired) electrons. The minimum absolute atomic E-state index is 0.173. The third kappa shape index (κ3) is 8.31. The molecule has 1 N–H and O–H groups in total. The van der Waals surface area contributed by atoms with Gasteiger partial charge < -0.3 is 19.4 Å². The van der Waals surface area contributed by atoms with Gasteiger partial charge in [-0.3, -0.25) is 24.3 Å². The number of hydrogen-bond acceptors (Lipinski definition) is 5. The molecule has 5 aliphatic rings. The molecule has 0 bridgehead atoms. The van der Waals surface area contributed by atoms with Crippen molar-refractivity contribution in [3.05, 3.63) is 108 Å². The topological polar surface area (TPSA) is 71.1 Å². The summed E-state index contributed by atoms with van der Waals surface area (Å²) in [5.41, 5.74) is 5.37. The van der Waals surface area contributed by atoms with Crippen LogP contribution in [0.5, 0.6) is 0 Å². The van der Waals surface area contributed by atoms with E-state index in [0.717, 1.165) is 106 Å². The molecule has 1 atom stereocenters. The van der Waals surface area contributed by atoms with E-state index in [2.05, 4.69) is 83.9 Å². The first kappa shape index (κ1) is 37.2. The Labute approximate surface area is 332 Å². The second-order valence-electron chi connectivity index (χ2n) is 17.1. The fraction of sp³-hybridized carbons (Fsp3) is 0.489. The molecule has 2 aliphatic carbocycles. The Kier molecular flexibility index (Phi) is 11.3. The van der Waals surface area contributed by atoms with Gasteiger partial charge in [0.25, 0.3) is 11.8 Å². The van der Waals surface area contributed by atoms with Crippen LogP contribution < -0.4 is 0 Å². The summed E-state index contributed by atoms with van der Waals surface area (Å²) in [5, 5.41) is 2.29. The monoisotopic (exact) mass is 753 g/mol. The molecule has 5 aromatic rings. The summed E-state index contributed by atoms with van der Waals surface area (Å²) < 4.78 is 2.40. The molecule has 3 aliphatic heterocycles. The minimum Gasteiger partial charge on any atom is -0.361 e. The number of fused-ring (bicyclic) bond motifs is 2. The van der Waals surface area contributed by atoms with Crippen molar-refractivity contribution < 1.29 is 9.59 Å². The van der Waals surface area contributed by atoms with Gasteiger partial charge in [-0.25, -0.2) is 0 Å². The van der Waals surface area contributed by atoms with Crippen LogP contribution in [0.15, 0.2) is 91.3 Å². The predicted molar refractivity (Wildman–Crippen MR) is 225 cm³/mol. The molecule has 2 aromatic heterocycles. The molecule has 10 rings (SSSR count). The van der Waals surface area contributed by atoms with Crippen LogP contribution in [0, 0.1) is 5.92 Å². The number of aromatic nitrogens is 2. The third-order valence-corrected chi connectivity index (χ3v) is 13.5. The Morgan fingerprint density at radius 2 is 1.23 bits per heavy atom. The molecular formula is C47H59N7O2. The molecule has 5 fully saturated rings. The number of nitrogens with one attached hydrogen (secondary N) is 1. The molecule has 5 heterocycles. The van der Waals surface area contributed by atoms with Gasteiger partial charge in [0.15, 0.2) is 0 Å². The Balaban J connectivity index is 0.000000166. The highest BCUT2D eigenvalue weighted by atomic mass is 16.2. The maximum atomic E-state index is 13.2. The van der Waals surface area contributed by atoms with Crippen molar-refractivity contribution in [3.8, 4) is 0 Å². The molecule has 0 spiro atoms. The van der Waals surface area contributed by atoms with Crippen molar-refractivity contribution >= 4 is 33.6 Å². The van der Waals surface area contributed by atoms with E-state index in [9.17, 15) is 9.59 Å². The van der Waals surface area contributed by atoms with E-state index in [0.29, 0.717) is 5.92 Å². The highest BCUT2D eigenvalue weighted by Crippen LogP contribution is 2.28. The SMILES string of the molecule is O=C(c1ccc2[nH]ccc2c1)N1CCN(C2CCC2)CC1.O=C(c1ccc2c(ccn2CC2CCCN(Cc3ccccc3)C2)c1)N1CCN(C2CCC2)CC1. The van der Waals surface area contributed by atoms with Crippen LogP contribution in [0.1, 0.15) is 77.6 Å². The molecule has 3 saturated heterocycles. The molecule has 2 amide bonds. The minimum atomic E-state index is 0.173. The Hall–Kier alpha value is -4.44. The number of H-pyrrole nitrogens is 1. The molecule has 294 valence electrons. The van der Waals surface area contributed by atoms with Crippen LogP contribution in [-0.4, -0.2) is 123 Å². The average Bonchev–Trinajstić information content (AvgIpc) is 3.84. The molecule has 9 nitrogen and oxygen atoms in total. The van der Waals surface area contributed by atoms with Crippen molar-refractivity contribution in [2.45, 2.75) is 76.5 Å². The normalized spacial score (nSPS) is 21.8. The van der Waals surface area contributed by atoms with Gasteiger partial charge >= 0.3 is 0 Å². The molecule has 56 heavy (non-hydrogen) atoms. The molecular weight excluding hydrogens is 695 g/mol. The van der Waals surface area contributed by atoms with Crippen molar-refractivity contribution in [3.63, 3.8) is 0 Å². The van der Waals surface area contributed by atoms with E-state index in [1.165, 1.54) is 74.4 Å². The summed E-state index contributed by atoms with van der Waals surface area (Å²) in [7, 11) is 0. The van der Waals surface area contributed by atoms with E-state index < -0.39 is 0 Å². The smallest absolute Gasteiger partial charge is 0.253 e. The lowest BCUT2D eigenvalue weighted by molar-refractivity contribution is 0.0452. The third-order valence-electron chi connectivity index (χ3n) is 13.5. The van der Waals surface area contributed by atoms with Crippen LogP contribution in [0.2, 0.25) is 0 Å². The second-order valence-corrected chi connectivity index (χ2v) is 17.1. The van der Waals surface area contributed by atoms with Crippen molar-refractivity contribution in [1.82, 2.24) is 34.1 Å². The fourth-order valence-corrected chi connectivity index (χ4v) is 9.69. The predicted octanol–water partition coefficient (Wildman–Crippen LogP) is 7.34. The number of piperazine rings is 2. The van der Waals surface area contributed by atoms with E-state index in [4.69, 9.17) is 0 Å². The van der Waals surface area contributed by atoms with E-state index in [1.54, 1.807) is 0 Å². The van der Waals surface area contributed by atoms with E-state index >= 15 is 0 Å². The zero-order valence-electron chi connectivity index (χ0n) is 33.0. The molecule has 9 heteroatoms. The van der Waals surface area contributed by atoms with Gasteiger partial charge in [0.05, 0.1) is 0 Å². The van der Waals surface area contributed by atoms with Crippen molar-refractivity contribution in [2.75, 3.05) is 65.4 Å². The zero-order valence-corrected chi connectivity index (χ0v) is 33.0. The summed E-state index contributed by atoms with van der Waals surface area (Å²) in [6, 6.07) is 28.8. The molecule has 2 saturated carbocycles. The zero-order chi connectivity index (χ0) is 37.8. The van der Waals surface area contributed by atoms with Gasteiger partial charge in [0, 0.05) is 129 Å². The maximum Gasteiger partial charge on any atom is 0.253 e. The van der Waals surface area contributed by atoms with Crippen LogP contribution >= 0.6 is 0 Å².